The average Bonchev–Trinajstić information content (AvgIpc) is 2.77. The Morgan fingerprint density at radius 3 is 2.81 bits per heavy atom. The van der Waals surface area contributed by atoms with Crippen molar-refractivity contribution in [2.75, 3.05) is 5.32 Å². The van der Waals surface area contributed by atoms with Crippen molar-refractivity contribution in [3.8, 4) is 0 Å². The van der Waals surface area contributed by atoms with E-state index in [2.05, 4.69) is 15.7 Å². The quantitative estimate of drug-likeness (QED) is 0.671. The van der Waals surface area contributed by atoms with Crippen LogP contribution in [0.15, 0.2) is 30.5 Å². The second kappa shape index (κ2) is 6.49. The van der Waals surface area contributed by atoms with E-state index in [1.165, 1.54) is 0 Å². The second-order valence-corrected chi connectivity index (χ2v) is 5.23. The molecule has 21 heavy (non-hydrogen) atoms. The third kappa shape index (κ3) is 3.88. The molecule has 0 fully saturated rings. The molecule has 0 atom stereocenters. The fraction of sp³-hybridized carbons (Fsp3) is 0.267. The van der Waals surface area contributed by atoms with E-state index in [0.29, 0.717) is 17.2 Å². The molecule has 0 unspecified atom stereocenters. The Kier molecular flexibility index (Phi) is 4.70. The Balaban J connectivity index is 1.94. The number of ketones is 1. The van der Waals surface area contributed by atoms with E-state index in [1.54, 1.807) is 19.1 Å². The number of nitrogens with zero attached hydrogens (tertiary/aromatic N) is 2. The highest BCUT2D eigenvalue weighted by molar-refractivity contribution is 7.80. The number of hydrogen-bond acceptors (Lipinski definition) is 3. The van der Waals surface area contributed by atoms with E-state index < -0.39 is 0 Å². The van der Waals surface area contributed by atoms with Gasteiger partial charge in [-0.1, -0.05) is 12.1 Å². The highest BCUT2D eigenvalue weighted by Crippen LogP contribution is 2.11. The first-order chi connectivity index (χ1) is 9.97. The Labute approximate surface area is 129 Å². The van der Waals surface area contributed by atoms with Gasteiger partial charge >= 0.3 is 0 Å². The minimum absolute atomic E-state index is 0.0310. The van der Waals surface area contributed by atoms with Gasteiger partial charge in [0, 0.05) is 36.1 Å². The van der Waals surface area contributed by atoms with Crippen LogP contribution in [-0.4, -0.2) is 20.7 Å². The van der Waals surface area contributed by atoms with Gasteiger partial charge in [0.05, 0.1) is 6.20 Å². The second-order valence-electron chi connectivity index (χ2n) is 4.82. The van der Waals surface area contributed by atoms with Gasteiger partial charge < -0.3 is 10.6 Å². The molecule has 2 rings (SSSR count). The fourth-order valence-electron chi connectivity index (χ4n) is 1.88. The summed E-state index contributed by atoms with van der Waals surface area (Å²) < 4.78 is 1.82. The number of aryl methyl sites for hydroxylation is 1. The van der Waals surface area contributed by atoms with E-state index in [4.69, 9.17) is 12.2 Å². The van der Waals surface area contributed by atoms with Crippen LogP contribution in [0.3, 0.4) is 0 Å². The van der Waals surface area contributed by atoms with Crippen molar-refractivity contribution >= 4 is 28.8 Å². The van der Waals surface area contributed by atoms with Gasteiger partial charge in [-0.3, -0.25) is 9.48 Å². The molecule has 0 spiro atoms. The Bertz CT molecular complexity index is 678. The lowest BCUT2D eigenvalue weighted by atomic mass is 10.1. The number of nitrogens with one attached hydrogen (secondary N) is 2. The normalized spacial score (nSPS) is 10.2. The number of hydrogen-bond donors (Lipinski definition) is 2. The smallest absolute Gasteiger partial charge is 0.171 e. The van der Waals surface area contributed by atoms with Crippen molar-refractivity contribution in [2.24, 2.45) is 7.05 Å². The lowest BCUT2D eigenvalue weighted by Gasteiger charge is -2.11. The fourth-order valence-corrected chi connectivity index (χ4v) is 2.07. The van der Waals surface area contributed by atoms with E-state index in [1.807, 2.05) is 37.0 Å². The van der Waals surface area contributed by atoms with Crippen LogP contribution in [-0.2, 0) is 13.6 Å². The highest BCUT2D eigenvalue weighted by atomic mass is 32.1. The molecule has 0 aliphatic carbocycles. The van der Waals surface area contributed by atoms with Gasteiger partial charge in [-0.05, 0) is 38.2 Å². The van der Waals surface area contributed by atoms with Crippen LogP contribution in [0.25, 0.3) is 0 Å². The predicted molar refractivity (Wildman–Crippen MR) is 87.5 cm³/mol. The maximum absolute atomic E-state index is 11.3. The summed E-state index contributed by atoms with van der Waals surface area (Å²) in [6.07, 6.45) is 1.82. The summed E-state index contributed by atoms with van der Waals surface area (Å²) in [5.41, 5.74) is 3.65. The molecule has 2 aromatic rings. The maximum atomic E-state index is 11.3. The minimum Gasteiger partial charge on any atom is -0.358 e. The van der Waals surface area contributed by atoms with E-state index >= 15 is 0 Å². The third-order valence-corrected chi connectivity index (χ3v) is 3.55. The molecule has 2 N–H and O–H groups in total. The SMILES string of the molecule is CC(=O)c1cccc(NC(=S)NCc2cnn(C)c2C)c1. The Morgan fingerprint density at radius 1 is 1.43 bits per heavy atom. The van der Waals surface area contributed by atoms with Crippen LogP contribution in [0.2, 0.25) is 0 Å². The molecule has 0 aliphatic rings. The maximum Gasteiger partial charge on any atom is 0.171 e. The first-order valence-corrected chi connectivity index (χ1v) is 7.01. The molecule has 0 saturated heterocycles. The monoisotopic (exact) mass is 302 g/mol. The van der Waals surface area contributed by atoms with Crippen LogP contribution in [0, 0.1) is 6.92 Å². The van der Waals surface area contributed by atoms with Crippen molar-refractivity contribution in [3.63, 3.8) is 0 Å². The highest BCUT2D eigenvalue weighted by Gasteiger charge is 2.05. The van der Waals surface area contributed by atoms with Gasteiger partial charge in [0.25, 0.3) is 0 Å². The number of carbonyl (C=O) groups excluding carboxylic acids is 1. The summed E-state index contributed by atoms with van der Waals surface area (Å²) in [4.78, 5) is 11.3. The number of anilines is 1. The molecular weight excluding hydrogens is 284 g/mol. The zero-order chi connectivity index (χ0) is 15.4. The van der Waals surface area contributed by atoms with Gasteiger partial charge in [0.2, 0.25) is 0 Å². The minimum atomic E-state index is 0.0310. The number of benzene rings is 1. The topological polar surface area (TPSA) is 59.0 Å². The van der Waals surface area contributed by atoms with Gasteiger partial charge in [-0.2, -0.15) is 5.10 Å². The molecule has 0 aliphatic heterocycles. The molecule has 1 heterocycles. The van der Waals surface area contributed by atoms with Crippen molar-refractivity contribution in [2.45, 2.75) is 20.4 Å². The van der Waals surface area contributed by atoms with Crippen molar-refractivity contribution < 1.29 is 4.79 Å². The first kappa shape index (κ1) is 15.2. The number of rotatable bonds is 4. The summed E-state index contributed by atoms with van der Waals surface area (Å²) in [5.74, 6) is 0.0310. The molecule has 0 radical (unpaired) electrons. The van der Waals surface area contributed by atoms with Crippen molar-refractivity contribution in [3.05, 3.63) is 47.3 Å². The van der Waals surface area contributed by atoms with Crippen molar-refractivity contribution in [1.29, 1.82) is 0 Å². The molecule has 0 amide bonds. The summed E-state index contributed by atoms with van der Waals surface area (Å²) in [6, 6.07) is 7.26. The number of Topliss-reactive ketones (excluding diaryl/α,β-unsaturated/α-hetero) is 1. The number of thiocarbonyl (C=S) groups is 1. The van der Waals surface area contributed by atoms with Crippen molar-refractivity contribution in [1.82, 2.24) is 15.1 Å². The summed E-state index contributed by atoms with van der Waals surface area (Å²) >= 11 is 5.26. The number of carbonyl (C=O) groups is 1. The molecule has 6 heteroatoms. The van der Waals surface area contributed by atoms with Crippen LogP contribution in [0.5, 0.6) is 0 Å². The van der Waals surface area contributed by atoms with E-state index in [9.17, 15) is 4.79 Å². The zero-order valence-electron chi connectivity index (χ0n) is 12.3. The summed E-state index contributed by atoms with van der Waals surface area (Å²) in [6.45, 7) is 4.16. The van der Waals surface area contributed by atoms with E-state index in [0.717, 1.165) is 16.9 Å². The van der Waals surface area contributed by atoms with Gasteiger partial charge in [-0.15, -0.1) is 0 Å². The third-order valence-electron chi connectivity index (χ3n) is 3.30. The van der Waals surface area contributed by atoms with E-state index in [-0.39, 0.29) is 5.78 Å². The zero-order valence-corrected chi connectivity index (χ0v) is 13.1. The molecule has 0 bridgehead atoms. The van der Waals surface area contributed by atoms with Gasteiger partial charge in [0.1, 0.15) is 0 Å². The summed E-state index contributed by atoms with van der Waals surface area (Å²) in [5, 5.41) is 10.9. The molecule has 1 aromatic carbocycles. The summed E-state index contributed by atoms with van der Waals surface area (Å²) in [7, 11) is 1.91. The lowest BCUT2D eigenvalue weighted by molar-refractivity contribution is 0.101. The van der Waals surface area contributed by atoms with Gasteiger partial charge in [0.15, 0.2) is 10.9 Å². The Hall–Kier alpha value is -2.21. The molecular formula is C15H18N4OS. The average molecular weight is 302 g/mol. The Morgan fingerprint density at radius 2 is 2.19 bits per heavy atom. The van der Waals surface area contributed by atoms with Crippen LogP contribution in [0.1, 0.15) is 28.5 Å². The largest absolute Gasteiger partial charge is 0.358 e. The van der Waals surface area contributed by atoms with Crippen LogP contribution < -0.4 is 10.6 Å². The first-order valence-electron chi connectivity index (χ1n) is 6.60. The molecule has 0 saturated carbocycles. The number of aromatic nitrogens is 2. The van der Waals surface area contributed by atoms with Crippen LogP contribution in [0.4, 0.5) is 5.69 Å². The lowest BCUT2D eigenvalue weighted by Crippen LogP contribution is -2.28. The van der Waals surface area contributed by atoms with Gasteiger partial charge in [-0.25, -0.2) is 0 Å². The predicted octanol–water partition coefficient (Wildman–Crippen LogP) is 2.42. The standard InChI is InChI=1S/C15H18N4OS/c1-10-13(9-17-19(10)3)8-16-15(21)18-14-6-4-5-12(7-14)11(2)20/h4-7,9H,8H2,1-3H3,(H2,16,18,21). The molecule has 5 nitrogen and oxygen atoms in total. The molecule has 1 aromatic heterocycles. The van der Waals surface area contributed by atoms with Crippen LogP contribution >= 0.6 is 12.2 Å². The molecule has 110 valence electrons.